The van der Waals surface area contributed by atoms with E-state index in [9.17, 15) is 19.4 Å². The fourth-order valence-corrected chi connectivity index (χ4v) is 12.7. The lowest BCUT2D eigenvalue weighted by Crippen LogP contribution is -2.45. The van der Waals surface area contributed by atoms with Crippen molar-refractivity contribution in [1.29, 1.82) is 0 Å². The molecule has 506 valence electrons. The molecule has 9 heteroatoms. The molecule has 0 aromatic rings. The Bertz CT molecular complexity index is 1430. The SMILES string of the molecule is CCCCCCCCCCCCCCCCCCCCCCCCCCC/C=C/CC/C=C/C(O)C(COP(=O)([O-])OCC[N+](C)(C)C)NC(=O)CCCCCCCCCCCCCCCCCCCCCCCCCCCCCCCCCC. The van der Waals surface area contributed by atoms with Crippen LogP contribution in [0.5, 0.6) is 0 Å². The summed E-state index contributed by atoms with van der Waals surface area (Å²) in [6.07, 6.45) is 89.1. The first-order chi connectivity index (χ1) is 41.5. The molecular weight excluding hydrogens is 1070 g/mol. The van der Waals surface area contributed by atoms with Gasteiger partial charge < -0.3 is 28.8 Å². The number of rotatable bonds is 72. The lowest BCUT2D eigenvalue weighted by molar-refractivity contribution is -0.870. The molecule has 0 aliphatic rings. The highest BCUT2D eigenvalue weighted by Gasteiger charge is 2.23. The number of carbonyl (C=O) groups excluding carboxylic acids is 1. The Hall–Kier alpha value is -1.02. The first-order valence-corrected chi connectivity index (χ1v) is 39.7. The van der Waals surface area contributed by atoms with Gasteiger partial charge in [-0.05, 0) is 32.1 Å². The number of aliphatic hydroxyl groups excluding tert-OH is 1. The number of likely N-dealkylation sites (N-methyl/N-ethyl adjacent to an activating group) is 1. The summed E-state index contributed by atoms with van der Waals surface area (Å²) < 4.78 is 23.5. The Morgan fingerprint density at radius 3 is 0.953 bits per heavy atom. The minimum atomic E-state index is -4.61. The van der Waals surface area contributed by atoms with Gasteiger partial charge in [-0.3, -0.25) is 9.36 Å². The van der Waals surface area contributed by atoms with Crippen LogP contribution in [0.15, 0.2) is 24.3 Å². The van der Waals surface area contributed by atoms with Crippen molar-refractivity contribution in [2.45, 2.75) is 418 Å². The summed E-state index contributed by atoms with van der Waals surface area (Å²) in [5.74, 6) is -0.197. The summed E-state index contributed by atoms with van der Waals surface area (Å²) in [4.78, 5) is 25.7. The number of allylic oxidation sites excluding steroid dienone is 3. The number of phosphoric ester groups is 1. The van der Waals surface area contributed by atoms with Gasteiger partial charge in [-0.25, -0.2) is 0 Å². The molecule has 0 spiro atoms. The normalized spacial score (nSPS) is 13.6. The first kappa shape index (κ1) is 84.0. The Labute approximate surface area is 532 Å². The zero-order valence-electron chi connectivity index (χ0n) is 58.1. The third kappa shape index (κ3) is 70.3. The summed E-state index contributed by atoms with van der Waals surface area (Å²) in [6.45, 7) is 4.70. The number of amides is 1. The van der Waals surface area contributed by atoms with Crippen molar-refractivity contribution in [1.82, 2.24) is 5.32 Å². The summed E-state index contributed by atoms with van der Waals surface area (Å²) in [5, 5.41) is 14.0. The standard InChI is InChI=1S/C76H151N2O6P/c1-6-8-10-12-14-16-18-20-22-24-26-28-30-32-34-36-38-40-42-44-46-48-50-52-54-56-58-60-62-64-66-68-70-76(80)77-74(73-84-85(81,82)83-72-71-78(3,4)5)75(79)69-67-65-63-61-59-57-55-53-51-49-47-45-43-41-39-37-35-33-31-29-27-25-23-21-19-17-15-13-11-9-7-2/h59,61,67,69,74-75,79H,6-58,60,62-66,68,70-73H2,1-5H3,(H-,77,80,81,82)/b61-59+,69-67+. The maximum Gasteiger partial charge on any atom is 0.268 e. The summed E-state index contributed by atoms with van der Waals surface area (Å²) in [6, 6.07) is -0.902. The van der Waals surface area contributed by atoms with Gasteiger partial charge in [-0.15, -0.1) is 0 Å². The second kappa shape index (κ2) is 67.4. The summed E-state index contributed by atoms with van der Waals surface area (Å²) >= 11 is 0. The number of hydrogen-bond donors (Lipinski definition) is 2. The zero-order chi connectivity index (χ0) is 61.9. The molecule has 0 aromatic heterocycles. The van der Waals surface area contributed by atoms with Crippen molar-refractivity contribution >= 4 is 13.7 Å². The molecule has 0 saturated carbocycles. The van der Waals surface area contributed by atoms with Crippen molar-refractivity contribution < 1.29 is 32.9 Å². The van der Waals surface area contributed by atoms with Crippen molar-refractivity contribution in [3.05, 3.63) is 24.3 Å². The fraction of sp³-hybridized carbons (Fsp3) is 0.934. The molecule has 0 radical (unpaired) electrons. The predicted octanol–water partition coefficient (Wildman–Crippen LogP) is 24.0. The van der Waals surface area contributed by atoms with Crippen LogP contribution in [0.25, 0.3) is 0 Å². The van der Waals surface area contributed by atoms with Crippen molar-refractivity contribution in [2.24, 2.45) is 0 Å². The van der Waals surface area contributed by atoms with Gasteiger partial charge in [-0.2, -0.15) is 0 Å². The number of nitrogens with one attached hydrogen (secondary N) is 1. The highest BCUT2D eigenvalue weighted by Crippen LogP contribution is 2.38. The van der Waals surface area contributed by atoms with Crippen LogP contribution in [-0.2, 0) is 18.4 Å². The first-order valence-electron chi connectivity index (χ1n) is 38.2. The summed E-state index contributed by atoms with van der Waals surface area (Å²) in [5.41, 5.74) is 0. The van der Waals surface area contributed by atoms with Crippen LogP contribution in [0.3, 0.4) is 0 Å². The van der Waals surface area contributed by atoms with Gasteiger partial charge in [0.2, 0.25) is 5.91 Å². The van der Waals surface area contributed by atoms with Crippen LogP contribution in [0.2, 0.25) is 0 Å². The van der Waals surface area contributed by atoms with Crippen LogP contribution >= 0.6 is 7.82 Å². The second-order valence-corrected chi connectivity index (χ2v) is 29.1. The quantitative estimate of drug-likeness (QED) is 0.0272. The molecule has 3 atom stereocenters. The molecule has 0 aliphatic carbocycles. The number of aliphatic hydroxyl groups is 1. The van der Waals surface area contributed by atoms with E-state index in [2.05, 4.69) is 31.3 Å². The van der Waals surface area contributed by atoms with Gasteiger partial charge in [0.05, 0.1) is 39.9 Å². The third-order valence-corrected chi connectivity index (χ3v) is 18.9. The second-order valence-electron chi connectivity index (χ2n) is 27.7. The Morgan fingerprint density at radius 2 is 0.659 bits per heavy atom. The molecule has 0 aliphatic heterocycles. The monoisotopic (exact) mass is 1220 g/mol. The highest BCUT2D eigenvalue weighted by atomic mass is 31.2. The number of carbonyl (C=O) groups is 1. The minimum Gasteiger partial charge on any atom is -0.756 e. The predicted molar refractivity (Wildman–Crippen MR) is 372 cm³/mol. The average Bonchev–Trinajstić information content (AvgIpc) is 3.52. The maximum absolute atomic E-state index is 13.1. The molecule has 8 nitrogen and oxygen atoms in total. The Balaban J connectivity index is 4.00. The number of phosphoric acid groups is 1. The largest absolute Gasteiger partial charge is 0.756 e. The van der Waals surface area contributed by atoms with Gasteiger partial charge in [0.15, 0.2) is 0 Å². The molecule has 0 fully saturated rings. The van der Waals surface area contributed by atoms with Gasteiger partial charge in [0.25, 0.3) is 7.82 Å². The molecular formula is C76H151N2O6P. The van der Waals surface area contributed by atoms with E-state index in [0.717, 1.165) is 38.5 Å². The zero-order valence-corrected chi connectivity index (χ0v) is 59.0. The molecule has 0 bridgehead atoms. The molecule has 1 amide bonds. The molecule has 0 rings (SSSR count). The lowest BCUT2D eigenvalue weighted by atomic mass is 10.0. The van der Waals surface area contributed by atoms with E-state index < -0.39 is 20.0 Å². The van der Waals surface area contributed by atoms with Crippen LogP contribution in [0.1, 0.15) is 406 Å². The van der Waals surface area contributed by atoms with E-state index in [-0.39, 0.29) is 19.1 Å². The molecule has 2 N–H and O–H groups in total. The Kier molecular flexibility index (Phi) is 66.6. The topological polar surface area (TPSA) is 108 Å². The smallest absolute Gasteiger partial charge is 0.268 e. The van der Waals surface area contributed by atoms with E-state index in [4.69, 9.17) is 9.05 Å². The van der Waals surface area contributed by atoms with Gasteiger partial charge in [-0.1, -0.05) is 391 Å². The molecule has 85 heavy (non-hydrogen) atoms. The van der Waals surface area contributed by atoms with E-state index >= 15 is 0 Å². The number of nitrogens with zero attached hydrogens (tertiary/aromatic N) is 1. The number of hydrogen-bond acceptors (Lipinski definition) is 6. The lowest BCUT2D eigenvalue weighted by Gasteiger charge is -2.29. The maximum atomic E-state index is 13.1. The van der Waals surface area contributed by atoms with Crippen LogP contribution in [0.4, 0.5) is 0 Å². The Morgan fingerprint density at radius 1 is 0.400 bits per heavy atom. The van der Waals surface area contributed by atoms with Gasteiger partial charge >= 0.3 is 0 Å². The molecule has 0 heterocycles. The molecule has 0 aromatic carbocycles. The van der Waals surface area contributed by atoms with Crippen molar-refractivity contribution in [2.75, 3.05) is 40.9 Å². The molecule has 3 unspecified atom stereocenters. The molecule has 0 saturated heterocycles. The fourth-order valence-electron chi connectivity index (χ4n) is 12.0. The van der Waals surface area contributed by atoms with E-state index in [0.29, 0.717) is 17.4 Å². The van der Waals surface area contributed by atoms with Crippen molar-refractivity contribution in [3.8, 4) is 0 Å². The van der Waals surface area contributed by atoms with Gasteiger partial charge in [0, 0.05) is 6.42 Å². The van der Waals surface area contributed by atoms with Crippen LogP contribution < -0.4 is 10.2 Å². The van der Waals surface area contributed by atoms with E-state index in [1.54, 1.807) is 6.08 Å². The van der Waals surface area contributed by atoms with Gasteiger partial charge in [0.1, 0.15) is 13.2 Å². The highest BCUT2D eigenvalue weighted by molar-refractivity contribution is 7.45. The number of quaternary nitrogens is 1. The van der Waals surface area contributed by atoms with Crippen molar-refractivity contribution in [3.63, 3.8) is 0 Å². The van der Waals surface area contributed by atoms with Crippen LogP contribution in [-0.4, -0.2) is 68.5 Å². The van der Waals surface area contributed by atoms with E-state index in [1.165, 1.54) is 347 Å². The average molecular weight is 1220 g/mol. The number of unbranched alkanes of at least 4 members (excludes halogenated alkanes) is 57. The minimum absolute atomic E-state index is 0.00330. The van der Waals surface area contributed by atoms with Crippen LogP contribution in [0, 0.1) is 0 Å². The summed E-state index contributed by atoms with van der Waals surface area (Å²) in [7, 11) is 1.27. The van der Waals surface area contributed by atoms with E-state index in [1.807, 2.05) is 27.2 Å². The third-order valence-electron chi connectivity index (χ3n) is 17.9.